The molecule has 6 nitrogen and oxygen atoms in total. The number of anilines is 1. The highest BCUT2D eigenvalue weighted by Gasteiger charge is 2.21. The van der Waals surface area contributed by atoms with Crippen LogP contribution in [0.2, 0.25) is 0 Å². The number of halogens is 2. The quantitative estimate of drug-likeness (QED) is 0.815. The number of nitrogens with zero attached hydrogens (tertiary/aromatic N) is 3. The van der Waals surface area contributed by atoms with Crippen LogP contribution in [0.5, 0.6) is 11.5 Å². The summed E-state index contributed by atoms with van der Waals surface area (Å²) in [4.78, 5) is 10.8. The Labute approximate surface area is 151 Å². The molecule has 0 amide bonds. The Bertz CT molecular complexity index is 703. The van der Waals surface area contributed by atoms with Crippen LogP contribution in [0.4, 0.5) is 14.7 Å². The average molecular weight is 364 g/mol. The number of aromatic nitrogens is 2. The van der Waals surface area contributed by atoms with Crippen LogP contribution in [-0.2, 0) is 6.54 Å². The average Bonchev–Trinajstić information content (AvgIpc) is 2.67. The van der Waals surface area contributed by atoms with E-state index in [2.05, 4.69) is 24.9 Å². The van der Waals surface area contributed by atoms with Gasteiger partial charge in [-0.25, -0.2) is 9.97 Å². The lowest BCUT2D eigenvalue weighted by molar-refractivity contribution is -0.0512. The highest BCUT2D eigenvalue weighted by Crippen LogP contribution is 2.29. The number of hydrogen-bond acceptors (Lipinski definition) is 6. The number of benzene rings is 1. The van der Waals surface area contributed by atoms with E-state index in [9.17, 15) is 8.78 Å². The summed E-state index contributed by atoms with van der Waals surface area (Å²) in [6, 6.07) is 7.08. The van der Waals surface area contributed by atoms with E-state index in [4.69, 9.17) is 4.74 Å². The first-order valence-corrected chi connectivity index (χ1v) is 8.53. The minimum atomic E-state index is -2.87. The Morgan fingerprint density at radius 3 is 2.81 bits per heavy atom. The molecule has 140 valence electrons. The summed E-state index contributed by atoms with van der Waals surface area (Å²) < 4.78 is 34.4. The zero-order valence-corrected chi connectivity index (χ0v) is 14.6. The predicted molar refractivity (Wildman–Crippen MR) is 93.7 cm³/mol. The molecular formula is C18H22F2N4O2. The van der Waals surface area contributed by atoms with Crippen molar-refractivity contribution < 1.29 is 18.3 Å². The zero-order chi connectivity index (χ0) is 18.4. The van der Waals surface area contributed by atoms with E-state index in [-0.39, 0.29) is 5.75 Å². The van der Waals surface area contributed by atoms with Crippen molar-refractivity contribution in [2.75, 3.05) is 25.1 Å². The molecule has 0 spiro atoms. The summed E-state index contributed by atoms with van der Waals surface area (Å²) in [7, 11) is 1.43. The van der Waals surface area contributed by atoms with E-state index in [1.807, 2.05) is 0 Å². The van der Waals surface area contributed by atoms with Gasteiger partial charge in [0.1, 0.15) is 0 Å². The van der Waals surface area contributed by atoms with Crippen LogP contribution in [-0.4, -0.2) is 42.8 Å². The van der Waals surface area contributed by atoms with Crippen LogP contribution in [0.25, 0.3) is 0 Å². The van der Waals surface area contributed by atoms with Gasteiger partial charge in [-0.3, -0.25) is 0 Å². The Kier molecular flexibility index (Phi) is 6.17. The van der Waals surface area contributed by atoms with Crippen LogP contribution >= 0.6 is 0 Å². The molecule has 3 rings (SSSR count). The summed E-state index contributed by atoms with van der Waals surface area (Å²) in [5.41, 5.74) is 0.941. The van der Waals surface area contributed by atoms with E-state index in [0.29, 0.717) is 18.3 Å². The maximum atomic E-state index is 12.4. The molecule has 8 heteroatoms. The topological polar surface area (TPSA) is 59.5 Å². The van der Waals surface area contributed by atoms with Crippen LogP contribution in [0.3, 0.4) is 0 Å². The van der Waals surface area contributed by atoms with Crippen molar-refractivity contribution in [3.63, 3.8) is 0 Å². The summed E-state index contributed by atoms with van der Waals surface area (Å²) in [6.07, 6.45) is 5.61. The largest absolute Gasteiger partial charge is 0.493 e. The molecule has 2 heterocycles. The first-order valence-electron chi connectivity index (χ1n) is 8.53. The molecule has 1 atom stereocenters. The van der Waals surface area contributed by atoms with Gasteiger partial charge in [-0.15, -0.1) is 0 Å². The molecule has 0 aliphatic carbocycles. The van der Waals surface area contributed by atoms with Crippen LogP contribution in [0.1, 0.15) is 18.4 Å². The third kappa shape index (κ3) is 4.78. The van der Waals surface area contributed by atoms with Crippen molar-refractivity contribution >= 4 is 5.95 Å². The smallest absolute Gasteiger partial charge is 0.387 e. The Morgan fingerprint density at radius 1 is 1.27 bits per heavy atom. The van der Waals surface area contributed by atoms with Gasteiger partial charge in [0, 0.05) is 38.1 Å². The first-order chi connectivity index (χ1) is 12.7. The Hall–Kier alpha value is -2.48. The normalized spacial score (nSPS) is 17.4. The fraction of sp³-hybridized carbons (Fsp3) is 0.444. The fourth-order valence-corrected chi connectivity index (χ4v) is 3.06. The zero-order valence-electron chi connectivity index (χ0n) is 14.6. The van der Waals surface area contributed by atoms with Gasteiger partial charge in [-0.1, -0.05) is 6.07 Å². The molecule has 1 saturated heterocycles. The molecule has 1 aromatic carbocycles. The van der Waals surface area contributed by atoms with Gasteiger partial charge in [-0.05, 0) is 36.6 Å². The maximum Gasteiger partial charge on any atom is 0.387 e. The van der Waals surface area contributed by atoms with Gasteiger partial charge in [0.25, 0.3) is 0 Å². The van der Waals surface area contributed by atoms with Gasteiger partial charge in [-0.2, -0.15) is 8.78 Å². The lowest BCUT2D eigenvalue weighted by Gasteiger charge is -2.33. The number of nitrogens with one attached hydrogen (secondary N) is 1. The summed E-state index contributed by atoms with van der Waals surface area (Å²) >= 11 is 0. The van der Waals surface area contributed by atoms with Crippen molar-refractivity contribution in [1.82, 2.24) is 15.3 Å². The summed E-state index contributed by atoms with van der Waals surface area (Å²) in [6.45, 7) is -0.496. The summed E-state index contributed by atoms with van der Waals surface area (Å²) in [5, 5.41) is 3.51. The fourth-order valence-electron chi connectivity index (χ4n) is 3.06. The predicted octanol–water partition coefficient (Wildman–Crippen LogP) is 2.85. The van der Waals surface area contributed by atoms with E-state index in [1.165, 1.54) is 13.2 Å². The number of rotatable bonds is 7. The van der Waals surface area contributed by atoms with Gasteiger partial charge in [0.2, 0.25) is 5.95 Å². The maximum absolute atomic E-state index is 12.4. The molecule has 1 N–H and O–H groups in total. The molecule has 2 aromatic rings. The van der Waals surface area contributed by atoms with Crippen molar-refractivity contribution in [3.8, 4) is 11.5 Å². The number of ether oxygens (including phenoxy) is 2. The Balaban J connectivity index is 1.58. The number of hydrogen-bond donors (Lipinski definition) is 1. The number of alkyl halides is 2. The second-order valence-corrected chi connectivity index (χ2v) is 6.08. The Morgan fingerprint density at radius 2 is 2.08 bits per heavy atom. The van der Waals surface area contributed by atoms with Crippen molar-refractivity contribution in [3.05, 3.63) is 42.2 Å². The van der Waals surface area contributed by atoms with E-state index in [0.717, 1.165) is 37.4 Å². The SMILES string of the molecule is COc1cc(CNC2CCCN(c3ncccn3)C2)ccc1OC(F)F. The first kappa shape index (κ1) is 18.3. The molecule has 0 radical (unpaired) electrons. The van der Waals surface area contributed by atoms with Gasteiger partial charge in [0.05, 0.1) is 7.11 Å². The molecule has 1 fully saturated rings. The van der Waals surface area contributed by atoms with Crippen LogP contribution < -0.4 is 19.7 Å². The molecule has 26 heavy (non-hydrogen) atoms. The highest BCUT2D eigenvalue weighted by molar-refractivity contribution is 5.43. The standard InChI is InChI=1S/C18H22F2N4O2/c1-25-16-10-13(5-6-15(16)26-17(19)20)11-23-14-4-2-9-24(12-14)18-21-7-3-8-22-18/h3,5-8,10,14,17,23H,2,4,9,11-12H2,1H3. The third-order valence-electron chi connectivity index (χ3n) is 4.30. The minimum absolute atomic E-state index is 0.0383. The second kappa shape index (κ2) is 8.75. The van der Waals surface area contributed by atoms with Crippen molar-refractivity contribution in [2.24, 2.45) is 0 Å². The molecular weight excluding hydrogens is 342 g/mol. The van der Waals surface area contributed by atoms with Crippen LogP contribution in [0.15, 0.2) is 36.7 Å². The third-order valence-corrected chi connectivity index (χ3v) is 4.30. The van der Waals surface area contributed by atoms with Crippen molar-refractivity contribution in [1.29, 1.82) is 0 Å². The van der Waals surface area contributed by atoms with Crippen LogP contribution in [0, 0.1) is 0 Å². The highest BCUT2D eigenvalue weighted by atomic mass is 19.3. The lowest BCUT2D eigenvalue weighted by Crippen LogP contribution is -2.46. The van der Waals surface area contributed by atoms with E-state index < -0.39 is 6.61 Å². The lowest BCUT2D eigenvalue weighted by atomic mass is 10.1. The molecule has 1 aliphatic heterocycles. The summed E-state index contributed by atoms with van der Waals surface area (Å²) in [5.74, 6) is 1.08. The molecule has 0 saturated carbocycles. The monoisotopic (exact) mass is 364 g/mol. The molecule has 1 aliphatic rings. The van der Waals surface area contributed by atoms with Gasteiger partial charge < -0.3 is 19.7 Å². The number of methoxy groups -OCH3 is 1. The number of piperidine rings is 1. The van der Waals surface area contributed by atoms with E-state index >= 15 is 0 Å². The minimum Gasteiger partial charge on any atom is -0.493 e. The second-order valence-electron chi connectivity index (χ2n) is 6.08. The van der Waals surface area contributed by atoms with Crippen molar-refractivity contribution in [2.45, 2.75) is 32.0 Å². The molecule has 0 bridgehead atoms. The van der Waals surface area contributed by atoms with Gasteiger partial charge in [0.15, 0.2) is 11.5 Å². The van der Waals surface area contributed by atoms with E-state index in [1.54, 1.807) is 30.6 Å². The molecule has 1 unspecified atom stereocenters. The molecule has 1 aromatic heterocycles. The van der Waals surface area contributed by atoms with Gasteiger partial charge >= 0.3 is 6.61 Å².